The predicted molar refractivity (Wildman–Crippen MR) is 88.5 cm³/mol. The van der Waals surface area contributed by atoms with Crippen LogP contribution in [0.15, 0.2) is 4.79 Å². The Morgan fingerprint density at radius 3 is 2.65 bits per heavy atom. The Kier molecular flexibility index (Phi) is 5.43. The van der Waals surface area contributed by atoms with E-state index in [0.717, 1.165) is 49.0 Å². The molecule has 2 aliphatic rings. The quantitative estimate of drug-likeness (QED) is 0.695. The predicted octanol–water partition coefficient (Wildman–Crippen LogP) is 0.840. The van der Waals surface area contributed by atoms with Crippen LogP contribution in [0.3, 0.4) is 0 Å². The van der Waals surface area contributed by atoms with Gasteiger partial charge in [-0.05, 0) is 44.1 Å². The molecule has 6 nitrogen and oxygen atoms in total. The molecule has 126 valence electrons. The van der Waals surface area contributed by atoms with Gasteiger partial charge in [-0.25, -0.2) is 5.10 Å². The van der Waals surface area contributed by atoms with Crippen molar-refractivity contribution in [2.24, 2.45) is 0 Å². The van der Waals surface area contributed by atoms with Crippen molar-refractivity contribution in [3.63, 3.8) is 0 Å². The Bertz CT molecular complexity index is 607. The summed E-state index contributed by atoms with van der Waals surface area (Å²) in [7, 11) is 0. The zero-order valence-electron chi connectivity index (χ0n) is 13.6. The summed E-state index contributed by atoms with van der Waals surface area (Å²) in [6, 6.07) is 0.625. The number of carbonyl (C=O) groups is 1. The lowest BCUT2D eigenvalue weighted by molar-refractivity contribution is -0.121. The van der Waals surface area contributed by atoms with Crippen LogP contribution in [0, 0.1) is 0 Å². The molecule has 0 bridgehead atoms. The van der Waals surface area contributed by atoms with E-state index in [1.807, 2.05) is 0 Å². The van der Waals surface area contributed by atoms with Crippen LogP contribution in [0.5, 0.6) is 0 Å². The minimum atomic E-state index is -0.0467. The number of fused-ring (bicyclic) bond motifs is 1. The molecule has 1 heterocycles. The number of H-pyrrole nitrogens is 1. The Morgan fingerprint density at radius 1 is 1.13 bits per heavy atom. The molecule has 0 spiro atoms. The van der Waals surface area contributed by atoms with Crippen LogP contribution in [-0.4, -0.2) is 35.2 Å². The maximum Gasteiger partial charge on any atom is 0.267 e. The SMILES string of the molecule is O=C(CCNC1CCC1)NCCc1n[nH]c(=O)c2c1CCCC2. The van der Waals surface area contributed by atoms with E-state index in [-0.39, 0.29) is 11.5 Å². The number of amides is 1. The van der Waals surface area contributed by atoms with Gasteiger partial charge in [0.1, 0.15) is 0 Å². The zero-order valence-corrected chi connectivity index (χ0v) is 13.6. The Morgan fingerprint density at radius 2 is 1.91 bits per heavy atom. The van der Waals surface area contributed by atoms with E-state index in [4.69, 9.17) is 0 Å². The van der Waals surface area contributed by atoms with Crippen molar-refractivity contribution in [3.05, 3.63) is 27.2 Å². The van der Waals surface area contributed by atoms with Crippen LogP contribution in [0.25, 0.3) is 0 Å². The summed E-state index contributed by atoms with van der Waals surface area (Å²) in [5.74, 6) is 0.0788. The van der Waals surface area contributed by atoms with Crippen molar-refractivity contribution in [3.8, 4) is 0 Å². The second-order valence-corrected chi connectivity index (χ2v) is 6.60. The molecule has 0 saturated heterocycles. The maximum atomic E-state index is 11.8. The highest BCUT2D eigenvalue weighted by atomic mass is 16.1. The largest absolute Gasteiger partial charge is 0.356 e. The van der Waals surface area contributed by atoms with E-state index in [0.29, 0.717) is 25.4 Å². The number of hydrogen-bond donors (Lipinski definition) is 3. The summed E-state index contributed by atoms with van der Waals surface area (Å²) < 4.78 is 0. The number of aromatic amines is 1. The van der Waals surface area contributed by atoms with Crippen LogP contribution in [-0.2, 0) is 24.1 Å². The molecule has 1 saturated carbocycles. The summed E-state index contributed by atoms with van der Waals surface area (Å²) in [6.45, 7) is 1.33. The summed E-state index contributed by atoms with van der Waals surface area (Å²) in [6.07, 6.45) is 8.96. The molecule has 0 atom stereocenters. The second-order valence-electron chi connectivity index (χ2n) is 6.60. The van der Waals surface area contributed by atoms with Gasteiger partial charge in [-0.3, -0.25) is 9.59 Å². The van der Waals surface area contributed by atoms with Crippen molar-refractivity contribution < 1.29 is 4.79 Å². The molecule has 0 aromatic carbocycles. The molecule has 3 N–H and O–H groups in total. The van der Waals surface area contributed by atoms with Crippen LogP contribution in [0.1, 0.15) is 55.3 Å². The number of aromatic nitrogens is 2. The molecule has 0 radical (unpaired) electrons. The van der Waals surface area contributed by atoms with Crippen LogP contribution in [0.2, 0.25) is 0 Å². The van der Waals surface area contributed by atoms with Gasteiger partial charge < -0.3 is 10.6 Å². The van der Waals surface area contributed by atoms with Gasteiger partial charge >= 0.3 is 0 Å². The molecule has 1 aromatic heterocycles. The summed E-state index contributed by atoms with van der Waals surface area (Å²) >= 11 is 0. The van der Waals surface area contributed by atoms with E-state index < -0.39 is 0 Å². The number of nitrogens with one attached hydrogen (secondary N) is 3. The minimum Gasteiger partial charge on any atom is -0.356 e. The van der Waals surface area contributed by atoms with Gasteiger partial charge in [0.25, 0.3) is 5.56 Å². The third-order valence-corrected chi connectivity index (χ3v) is 4.96. The van der Waals surface area contributed by atoms with E-state index in [1.54, 1.807) is 0 Å². The molecule has 6 heteroatoms. The van der Waals surface area contributed by atoms with Gasteiger partial charge in [0.2, 0.25) is 5.91 Å². The number of nitrogens with zero attached hydrogens (tertiary/aromatic N) is 1. The van der Waals surface area contributed by atoms with Crippen molar-refractivity contribution >= 4 is 5.91 Å². The van der Waals surface area contributed by atoms with E-state index >= 15 is 0 Å². The molecule has 3 rings (SSSR count). The molecule has 1 amide bonds. The van der Waals surface area contributed by atoms with E-state index in [9.17, 15) is 9.59 Å². The highest BCUT2D eigenvalue weighted by molar-refractivity contribution is 5.76. The van der Waals surface area contributed by atoms with Crippen molar-refractivity contribution in [1.82, 2.24) is 20.8 Å². The number of carbonyl (C=O) groups excluding carboxylic acids is 1. The van der Waals surface area contributed by atoms with Crippen molar-refractivity contribution in [2.45, 2.75) is 63.8 Å². The molecular weight excluding hydrogens is 292 g/mol. The monoisotopic (exact) mass is 318 g/mol. The first-order chi connectivity index (χ1) is 11.2. The third-order valence-electron chi connectivity index (χ3n) is 4.96. The molecule has 1 fully saturated rings. The van der Waals surface area contributed by atoms with Gasteiger partial charge in [0, 0.05) is 37.5 Å². The van der Waals surface area contributed by atoms with E-state index in [2.05, 4.69) is 20.8 Å². The van der Waals surface area contributed by atoms with Crippen LogP contribution >= 0.6 is 0 Å². The zero-order chi connectivity index (χ0) is 16.1. The standard InChI is InChI=1S/C17H26N4O2/c22-16(9-11-18-12-4-3-5-12)19-10-8-15-13-6-1-2-7-14(13)17(23)21-20-15/h12,18H,1-11H2,(H,19,22)(H,21,23). The lowest BCUT2D eigenvalue weighted by Crippen LogP contribution is -2.38. The molecular formula is C17H26N4O2. The molecule has 23 heavy (non-hydrogen) atoms. The van der Waals surface area contributed by atoms with Crippen LogP contribution in [0.4, 0.5) is 0 Å². The fourth-order valence-electron chi connectivity index (χ4n) is 3.35. The fraction of sp³-hybridized carbons (Fsp3) is 0.706. The summed E-state index contributed by atoms with van der Waals surface area (Å²) in [5, 5.41) is 13.1. The molecule has 1 aromatic rings. The minimum absolute atomic E-state index is 0.0467. The van der Waals surface area contributed by atoms with Crippen LogP contribution < -0.4 is 16.2 Å². The Balaban J connectivity index is 1.43. The fourth-order valence-corrected chi connectivity index (χ4v) is 3.35. The molecule has 0 unspecified atom stereocenters. The first-order valence-electron chi connectivity index (χ1n) is 8.83. The smallest absolute Gasteiger partial charge is 0.267 e. The van der Waals surface area contributed by atoms with Gasteiger partial charge in [-0.1, -0.05) is 6.42 Å². The summed E-state index contributed by atoms with van der Waals surface area (Å²) in [5.41, 5.74) is 2.90. The summed E-state index contributed by atoms with van der Waals surface area (Å²) in [4.78, 5) is 23.6. The maximum absolute atomic E-state index is 11.8. The highest BCUT2D eigenvalue weighted by Gasteiger charge is 2.18. The van der Waals surface area contributed by atoms with E-state index in [1.165, 1.54) is 19.3 Å². The van der Waals surface area contributed by atoms with Gasteiger partial charge in [-0.2, -0.15) is 5.10 Å². The number of rotatable bonds is 7. The first kappa shape index (κ1) is 16.2. The number of hydrogen-bond acceptors (Lipinski definition) is 4. The van der Waals surface area contributed by atoms with Crippen molar-refractivity contribution in [1.29, 1.82) is 0 Å². The van der Waals surface area contributed by atoms with Gasteiger partial charge in [0.15, 0.2) is 0 Å². The Labute approximate surface area is 136 Å². The first-order valence-corrected chi connectivity index (χ1v) is 8.83. The molecule has 0 aliphatic heterocycles. The average Bonchev–Trinajstić information content (AvgIpc) is 2.52. The lowest BCUT2D eigenvalue weighted by atomic mass is 9.91. The molecule has 2 aliphatic carbocycles. The third kappa shape index (κ3) is 4.19. The average molecular weight is 318 g/mol. The van der Waals surface area contributed by atoms with Gasteiger partial charge in [-0.15, -0.1) is 0 Å². The topological polar surface area (TPSA) is 86.9 Å². The second kappa shape index (κ2) is 7.73. The lowest BCUT2D eigenvalue weighted by Gasteiger charge is -2.26. The Hall–Kier alpha value is -1.69. The normalized spacial score (nSPS) is 17.4. The van der Waals surface area contributed by atoms with Crippen molar-refractivity contribution in [2.75, 3.05) is 13.1 Å². The highest BCUT2D eigenvalue weighted by Crippen LogP contribution is 2.20. The van der Waals surface area contributed by atoms with Gasteiger partial charge in [0.05, 0.1) is 5.69 Å².